The lowest BCUT2D eigenvalue weighted by Crippen LogP contribution is -2.74. The monoisotopic (exact) mass is 415 g/mol. The number of hydrogen-bond donors (Lipinski definition) is 3. The van der Waals surface area contributed by atoms with Gasteiger partial charge in [-0.15, -0.1) is 0 Å². The molecule has 0 saturated carbocycles. The molecule has 0 aromatic heterocycles. The molecule has 2 heterocycles. The van der Waals surface area contributed by atoms with Gasteiger partial charge in [0.15, 0.2) is 23.4 Å². The summed E-state index contributed by atoms with van der Waals surface area (Å²) in [5.74, 6) is -0.661. The lowest BCUT2D eigenvalue weighted by atomic mass is 9.50. The Morgan fingerprint density at radius 2 is 2.17 bits per heavy atom. The quantitative estimate of drug-likeness (QED) is 0.611. The third-order valence-electron chi connectivity index (χ3n) is 7.41. The minimum absolute atomic E-state index is 0.00469. The minimum Gasteiger partial charge on any atom is -0.504 e. The zero-order valence-electron chi connectivity index (χ0n) is 16.9. The van der Waals surface area contributed by atoms with Gasteiger partial charge in [-0.25, -0.2) is 0 Å². The summed E-state index contributed by atoms with van der Waals surface area (Å²) in [4.78, 5) is 25.8. The number of phenolic OH excluding ortho intramolecular Hbond substituents is 1. The van der Waals surface area contributed by atoms with Crippen molar-refractivity contribution in [3.8, 4) is 11.5 Å². The summed E-state index contributed by atoms with van der Waals surface area (Å²) in [6, 6.07) is 3.34. The average Bonchev–Trinajstić information content (AvgIpc) is 3.04. The van der Waals surface area contributed by atoms with E-state index in [1.54, 1.807) is 12.1 Å². The average molecular weight is 415 g/mol. The zero-order chi connectivity index (χ0) is 21.4. The second-order valence-corrected chi connectivity index (χ2v) is 8.91. The largest absolute Gasteiger partial charge is 0.504 e. The van der Waals surface area contributed by atoms with Gasteiger partial charge in [0.2, 0.25) is 0 Å². The van der Waals surface area contributed by atoms with Crippen LogP contribution in [0.1, 0.15) is 37.3 Å². The summed E-state index contributed by atoms with van der Waals surface area (Å²) in [5.41, 5.74) is -0.142. The van der Waals surface area contributed by atoms with Crippen LogP contribution < -0.4 is 4.74 Å². The fourth-order valence-corrected chi connectivity index (χ4v) is 5.91. The molecule has 2 aliphatic carbocycles. The molecule has 2 aliphatic heterocycles. The van der Waals surface area contributed by atoms with Crippen LogP contribution >= 0.6 is 0 Å². The number of carbonyl (C=O) groups is 2. The van der Waals surface area contributed by atoms with Crippen LogP contribution in [0.5, 0.6) is 11.5 Å². The predicted molar refractivity (Wildman–Crippen MR) is 104 cm³/mol. The van der Waals surface area contributed by atoms with E-state index in [-0.39, 0.29) is 24.0 Å². The van der Waals surface area contributed by atoms with E-state index >= 15 is 0 Å². The molecule has 5 rings (SSSR count). The number of benzene rings is 1. The molecule has 1 saturated heterocycles. The van der Waals surface area contributed by atoms with Crippen LogP contribution in [-0.4, -0.2) is 69.4 Å². The number of piperidine rings is 1. The smallest absolute Gasteiger partial charge is 0.314 e. The summed E-state index contributed by atoms with van der Waals surface area (Å²) in [6.45, 7) is 1.93. The van der Waals surface area contributed by atoms with Gasteiger partial charge in [-0.1, -0.05) is 6.07 Å². The van der Waals surface area contributed by atoms with Gasteiger partial charge in [-0.2, -0.15) is 0 Å². The lowest BCUT2D eigenvalue weighted by molar-refractivity contribution is -0.170. The molecule has 8 heteroatoms. The van der Waals surface area contributed by atoms with Gasteiger partial charge in [0.05, 0.1) is 17.4 Å². The van der Waals surface area contributed by atoms with Gasteiger partial charge in [0.25, 0.3) is 0 Å². The third kappa shape index (κ3) is 2.32. The Bertz CT molecular complexity index is 988. The highest BCUT2D eigenvalue weighted by Gasteiger charge is 2.72. The number of esters is 1. The Morgan fingerprint density at radius 3 is 2.90 bits per heavy atom. The number of ether oxygens (including phenoxy) is 2. The third-order valence-corrected chi connectivity index (χ3v) is 7.41. The number of carbonyl (C=O) groups excluding carboxylic acids is 2. The van der Waals surface area contributed by atoms with Crippen molar-refractivity contribution in [1.29, 1.82) is 0 Å². The normalized spacial score (nSPS) is 34.5. The van der Waals surface area contributed by atoms with Gasteiger partial charge in [0.1, 0.15) is 11.9 Å². The first-order chi connectivity index (χ1) is 14.2. The number of phenols is 1. The molecule has 160 valence electrons. The Kier molecular flexibility index (Phi) is 4.10. The van der Waals surface area contributed by atoms with Crippen LogP contribution in [0.25, 0.3) is 0 Å². The topological polar surface area (TPSA) is 117 Å². The molecule has 4 aliphatic rings. The number of likely N-dealkylation sites (tertiary alicyclic amines) is 1. The van der Waals surface area contributed by atoms with E-state index < -0.39 is 41.4 Å². The van der Waals surface area contributed by atoms with Crippen molar-refractivity contribution in [2.45, 2.75) is 61.9 Å². The molecule has 8 nitrogen and oxygen atoms in total. The van der Waals surface area contributed by atoms with Crippen LogP contribution in [0.15, 0.2) is 24.0 Å². The lowest BCUT2D eigenvalue weighted by Gasteiger charge is -2.61. The Labute approximate surface area is 173 Å². The molecule has 30 heavy (non-hydrogen) atoms. The van der Waals surface area contributed by atoms with Crippen molar-refractivity contribution in [2.24, 2.45) is 0 Å². The van der Waals surface area contributed by atoms with E-state index in [2.05, 4.69) is 4.90 Å². The van der Waals surface area contributed by atoms with E-state index in [4.69, 9.17) is 9.47 Å². The fourth-order valence-electron chi connectivity index (χ4n) is 5.91. The van der Waals surface area contributed by atoms with E-state index in [0.29, 0.717) is 18.6 Å². The highest BCUT2D eigenvalue weighted by molar-refractivity contribution is 5.85. The molecule has 0 unspecified atom stereocenters. The number of aliphatic hydroxyl groups excluding tert-OH is 1. The van der Waals surface area contributed by atoms with Gasteiger partial charge in [-0.05, 0) is 51.1 Å². The molecule has 1 spiro atoms. The Balaban J connectivity index is 1.58. The zero-order valence-corrected chi connectivity index (χ0v) is 16.9. The van der Waals surface area contributed by atoms with Crippen molar-refractivity contribution in [3.63, 3.8) is 0 Å². The van der Waals surface area contributed by atoms with Crippen molar-refractivity contribution in [2.75, 3.05) is 13.6 Å². The van der Waals surface area contributed by atoms with E-state index in [1.807, 2.05) is 13.1 Å². The first-order valence-corrected chi connectivity index (χ1v) is 10.2. The molecular weight excluding hydrogens is 390 g/mol. The van der Waals surface area contributed by atoms with Crippen molar-refractivity contribution < 1.29 is 34.4 Å². The predicted octanol–water partition coefficient (Wildman–Crippen LogP) is 0.553. The van der Waals surface area contributed by atoms with Crippen molar-refractivity contribution in [1.82, 2.24) is 4.90 Å². The van der Waals surface area contributed by atoms with Gasteiger partial charge in [-0.3, -0.25) is 9.59 Å². The van der Waals surface area contributed by atoms with Gasteiger partial charge < -0.3 is 29.7 Å². The van der Waals surface area contributed by atoms with Crippen LogP contribution in [0.2, 0.25) is 0 Å². The van der Waals surface area contributed by atoms with Crippen molar-refractivity contribution >= 4 is 11.8 Å². The maximum Gasteiger partial charge on any atom is 0.314 e. The van der Waals surface area contributed by atoms with Crippen LogP contribution in [0, 0.1) is 0 Å². The minimum atomic E-state index is -1.42. The molecule has 5 atom stereocenters. The summed E-state index contributed by atoms with van der Waals surface area (Å²) in [7, 11) is 2.00. The maximum absolute atomic E-state index is 12.4. The maximum atomic E-state index is 12.4. The summed E-state index contributed by atoms with van der Waals surface area (Å²) in [6.07, 6.45) is 0.516. The molecule has 1 aromatic carbocycles. The van der Waals surface area contributed by atoms with E-state index in [1.165, 1.54) is 6.92 Å². The van der Waals surface area contributed by atoms with Gasteiger partial charge >= 0.3 is 5.97 Å². The molecule has 2 bridgehead atoms. The second kappa shape index (κ2) is 6.29. The van der Waals surface area contributed by atoms with Crippen molar-refractivity contribution in [3.05, 3.63) is 35.1 Å². The van der Waals surface area contributed by atoms with Crippen LogP contribution in [-0.2, 0) is 26.2 Å². The number of nitrogens with zero attached hydrogens (tertiary/aromatic N) is 1. The number of Topliss-reactive ketones (excluding diaryl/α,β-unsaturated/α-hetero) is 1. The molecular formula is C22H25NO7. The number of likely N-dealkylation sites (N-methyl/N-ethyl adjacent to an activating group) is 1. The first-order valence-electron chi connectivity index (χ1n) is 10.2. The Morgan fingerprint density at radius 1 is 1.40 bits per heavy atom. The van der Waals surface area contributed by atoms with E-state index in [0.717, 1.165) is 17.7 Å². The number of hydrogen-bond acceptors (Lipinski definition) is 8. The molecule has 3 N–H and O–H groups in total. The fraction of sp³-hybridized carbons (Fsp3) is 0.545. The van der Waals surface area contributed by atoms with E-state index in [9.17, 15) is 24.9 Å². The molecule has 1 fully saturated rings. The number of rotatable bonds is 4. The summed E-state index contributed by atoms with van der Waals surface area (Å²) < 4.78 is 11.7. The standard InChI is InChI=1S/C22H25NO7/c1-11(24)14(26)10-17(27)29-15-5-6-22(28)16-9-12-3-4-13(25)19-18(12)21(22,20(15)30-19)7-8-23(16)2/h3-5,14,16,20,25-26,28H,6-10H2,1-2H3/t14-,16-,20+,21+,22-/m1/s1. The highest BCUT2D eigenvalue weighted by atomic mass is 16.6. The summed E-state index contributed by atoms with van der Waals surface area (Å²) >= 11 is 0. The molecule has 1 aromatic rings. The number of aromatic hydroxyl groups is 1. The van der Waals surface area contributed by atoms with Crippen LogP contribution in [0.3, 0.4) is 0 Å². The molecule has 0 amide bonds. The first kappa shape index (κ1) is 19.5. The number of aliphatic hydroxyl groups is 2. The molecule has 0 radical (unpaired) electrons. The SMILES string of the molecule is CC(=O)[C@H](O)CC(=O)OC1=CC[C@@]2(O)[C@H]3Cc4ccc(O)c5c4[C@@]2(CCN3C)[C@H]1O5. The Hall–Kier alpha value is -2.42. The summed E-state index contributed by atoms with van der Waals surface area (Å²) in [5, 5.41) is 32.2. The van der Waals surface area contributed by atoms with Gasteiger partial charge in [0, 0.05) is 18.0 Å². The second-order valence-electron chi connectivity index (χ2n) is 8.91. The number of ketones is 1. The van der Waals surface area contributed by atoms with Crippen LogP contribution in [0.4, 0.5) is 0 Å². The highest BCUT2D eigenvalue weighted by Crippen LogP contribution is 2.65.